The van der Waals surface area contributed by atoms with Gasteiger partial charge in [-0.05, 0) is 12.1 Å². The Morgan fingerprint density at radius 1 is 1.20 bits per heavy atom. The normalized spacial score (nSPS) is 17.0. The van der Waals surface area contributed by atoms with Crippen molar-refractivity contribution in [1.82, 2.24) is 20.4 Å². The number of carbonyl (C=O) groups is 1. The largest absolute Gasteiger partial charge is 0.508 e. The Kier molecular flexibility index (Phi) is 5.15. The summed E-state index contributed by atoms with van der Waals surface area (Å²) in [6.45, 7) is 4.44. The van der Waals surface area contributed by atoms with Crippen LogP contribution >= 0.6 is 12.4 Å². The van der Waals surface area contributed by atoms with Crippen molar-refractivity contribution < 1.29 is 9.90 Å². The fourth-order valence-electron chi connectivity index (χ4n) is 3.41. The van der Waals surface area contributed by atoms with E-state index in [9.17, 15) is 9.90 Å². The van der Waals surface area contributed by atoms with E-state index in [1.165, 1.54) is 0 Å². The van der Waals surface area contributed by atoms with Crippen molar-refractivity contribution in [2.24, 2.45) is 0 Å². The molecule has 0 saturated carbocycles. The Morgan fingerprint density at radius 2 is 2.00 bits per heavy atom. The molecular formula is C17H22ClN5O2. The SMILES string of the molecule is Cl.O=C(c1n[nH]c2c1CNCC2)N1CCN(c2cccc(O)c2)CC1. The third kappa shape index (κ3) is 3.43. The fourth-order valence-corrected chi connectivity index (χ4v) is 3.41. The van der Waals surface area contributed by atoms with Gasteiger partial charge in [-0.3, -0.25) is 9.89 Å². The lowest BCUT2D eigenvalue weighted by Crippen LogP contribution is -2.49. The number of piperazine rings is 1. The zero-order valence-electron chi connectivity index (χ0n) is 13.9. The molecule has 2 aliphatic heterocycles. The molecule has 134 valence electrons. The third-order valence-corrected chi connectivity index (χ3v) is 4.77. The number of aromatic amines is 1. The number of carbonyl (C=O) groups excluding carboxylic acids is 1. The highest BCUT2D eigenvalue weighted by Gasteiger charge is 2.28. The Balaban J connectivity index is 0.00000182. The highest BCUT2D eigenvalue weighted by atomic mass is 35.5. The number of halogens is 1. The smallest absolute Gasteiger partial charge is 0.274 e. The average molecular weight is 364 g/mol. The predicted octanol–water partition coefficient (Wildman–Crippen LogP) is 1.15. The van der Waals surface area contributed by atoms with E-state index in [2.05, 4.69) is 20.4 Å². The number of nitrogens with zero attached hydrogens (tertiary/aromatic N) is 3. The molecule has 7 nitrogen and oxygen atoms in total. The van der Waals surface area contributed by atoms with E-state index in [0.717, 1.165) is 43.0 Å². The lowest BCUT2D eigenvalue weighted by Gasteiger charge is -2.36. The monoisotopic (exact) mass is 363 g/mol. The number of rotatable bonds is 2. The second-order valence-electron chi connectivity index (χ2n) is 6.26. The zero-order chi connectivity index (χ0) is 16.5. The minimum absolute atomic E-state index is 0. The molecule has 8 heteroatoms. The summed E-state index contributed by atoms with van der Waals surface area (Å²) in [4.78, 5) is 16.8. The number of benzene rings is 1. The molecule has 0 aliphatic carbocycles. The maximum Gasteiger partial charge on any atom is 0.274 e. The standard InChI is InChI=1S/C17H21N5O2.ClH/c23-13-3-1-2-12(10-13)21-6-8-22(9-7-21)17(24)16-14-11-18-5-4-15(14)19-20-16;/h1-3,10,18,23H,4-9,11H2,(H,19,20);1H. The van der Waals surface area contributed by atoms with Gasteiger partial charge in [0.05, 0.1) is 0 Å². The van der Waals surface area contributed by atoms with Gasteiger partial charge < -0.3 is 20.2 Å². The van der Waals surface area contributed by atoms with Gasteiger partial charge in [-0.2, -0.15) is 5.10 Å². The number of aromatic nitrogens is 2. The quantitative estimate of drug-likeness (QED) is 0.745. The van der Waals surface area contributed by atoms with Crippen LogP contribution in [0.2, 0.25) is 0 Å². The topological polar surface area (TPSA) is 84.5 Å². The van der Waals surface area contributed by atoms with Crippen LogP contribution in [0.3, 0.4) is 0 Å². The van der Waals surface area contributed by atoms with Gasteiger partial charge >= 0.3 is 0 Å². The average Bonchev–Trinajstić information content (AvgIpc) is 3.05. The van der Waals surface area contributed by atoms with Gasteiger partial charge in [-0.1, -0.05) is 6.07 Å². The summed E-state index contributed by atoms with van der Waals surface area (Å²) in [6.07, 6.45) is 0.890. The number of phenolic OH excluding ortho intramolecular Hbond substituents is 1. The molecule has 1 fully saturated rings. The van der Waals surface area contributed by atoms with Gasteiger partial charge in [-0.25, -0.2) is 0 Å². The Morgan fingerprint density at radius 3 is 2.76 bits per heavy atom. The molecule has 1 aromatic carbocycles. The van der Waals surface area contributed by atoms with Gasteiger partial charge in [0.2, 0.25) is 0 Å². The molecule has 0 unspecified atom stereocenters. The van der Waals surface area contributed by atoms with Crippen molar-refractivity contribution in [2.45, 2.75) is 13.0 Å². The van der Waals surface area contributed by atoms with Crippen molar-refractivity contribution in [2.75, 3.05) is 37.6 Å². The summed E-state index contributed by atoms with van der Waals surface area (Å²) >= 11 is 0. The summed E-state index contributed by atoms with van der Waals surface area (Å²) < 4.78 is 0. The molecule has 4 rings (SSSR count). The number of anilines is 1. The second kappa shape index (κ2) is 7.33. The summed E-state index contributed by atoms with van der Waals surface area (Å²) in [5.74, 6) is 0.272. The lowest BCUT2D eigenvalue weighted by molar-refractivity contribution is 0.0739. The van der Waals surface area contributed by atoms with Crippen LogP contribution in [-0.4, -0.2) is 58.8 Å². The summed E-state index contributed by atoms with van der Waals surface area (Å²) in [5.41, 5.74) is 3.64. The lowest BCUT2D eigenvalue weighted by atomic mass is 10.1. The van der Waals surface area contributed by atoms with Crippen LogP contribution in [0.25, 0.3) is 0 Å². The van der Waals surface area contributed by atoms with Crippen LogP contribution in [0.1, 0.15) is 21.7 Å². The Bertz CT molecular complexity index is 755. The minimum Gasteiger partial charge on any atom is -0.508 e. The first-order chi connectivity index (χ1) is 11.7. The van der Waals surface area contributed by atoms with Crippen LogP contribution in [0.15, 0.2) is 24.3 Å². The van der Waals surface area contributed by atoms with E-state index in [4.69, 9.17) is 0 Å². The molecular weight excluding hydrogens is 342 g/mol. The van der Waals surface area contributed by atoms with Crippen LogP contribution in [0.4, 0.5) is 5.69 Å². The number of amides is 1. The molecule has 2 aromatic rings. The highest BCUT2D eigenvalue weighted by Crippen LogP contribution is 2.22. The summed E-state index contributed by atoms with van der Waals surface area (Å²) in [6, 6.07) is 7.24. The van der Waals surface area contributed by atoms with Gasteiger partial charge in [0.25, 0.3) is 5.91 Å². The van der Waals surface area contributed by atoms with E-state index >= 15 is 0 Å². The van der Waals surface area contributed by atoms with Crippen molar-refractivity contribution >= 4 is 24.0 Å². The van der Waals surface area contributed by atoms with Crippen molar-refractivity contribution in [3.63, 3.8) is 0 Å². The molecule has 0 spiro atoms. The fraction of sp³-hybridized carbons (Fsp3) is 0.412. The summed E-state index contributed by atoms with van der Waals surface area (Å²) in [7, 11) is 0. The van der Waals surface area contributed by atoms with E-state index in [1.54, 1.807) is 12.1 Å². The summed E-state index contributed by atoms with van der Waals surface area (Å²) in [5, 5.41) is 20.2. The predicted molar refractivity (Wildman–Crippen MR) is 97.5 cm³/mol. The van der Waals surface area contributed by atoms with E-state index in [-0.39, 0.29) is 24.1 Å². The molecule has 0 atom stereocenters. The third-order valence-electron chi connectivity index (χ3n) is 4.77. The van der Waals surface area contributed by atoms with Crippen molar-refractivity contribution in [3.05, 3.63) is 41.2 Å². The second-order valence-corrected chi connectivity index (χ2v) is 6.26. The zero-order valence-corrected chi connectivity index (χ0v) is 14.7. The van der Waals surface area contributed by atoms with Gasteiger partial charge in [0, 0.05) is 68.7 Å². The van der Waals surface area contributed by atoms with E-state index < -0.39 is 0 Å². The number of hydrogen-bond donors (Lipinski definition) is 3. The van der Waals surface area contributed by atoms with Crippen molar-refractivity contribution in [1.29, 1.82) is 0 Å². The molecule has 0 bridgehead atoms. The number of nitrogens with one attached hydrogen (secondary N) is 2. The molecule has 3 N–H and O–H groups in total. The Hall–Kier alpha value is -2.25. The first-order valence-corrected chi connectivity index (χ1v) is 8.32. The van der Waals surface area contributed by atoms with Crippen molar-refractivity contribution in [3.8, 4) is 5.75 Å². The van der Waals surface area contributed by atoms with Gasteiger partial charge in [0.1, 0.15) is 5.75 Å². The van der Waals surface area contributed by atoms with Crippen LogP contribution in [0.5, 0.6) is 5.75 Å². The molecule has 1 amide bonds. The number of hydrogen-bond acceptors (Lipinski definition) is 5. The number of phenols is 1. The molecule has 2 aliphatic rings. The number of H-pyrrole nitrogens is 1. The highest BCUT2D eigenvalue weighted by molar-refractivity contribution is 5.94. The molecule has 0 radical (unpaired) electrons. The number of aromatic hydroxyl groups is 1. The first-order valence-electron chi connectivity index (χ1n) is 8.32. The number of fused-ring (bicyclic) bond motifs is 1. The van der Waals surface area contributed by atoms with Gasteiger partial charge in [0.15, 0.2) is 5.69 Å². The van der Waals surface area contributed by atoms with E-state index in [0.29, 0.717) is 25.3 Å². The molecule has 25 heavy (non-hydrogen) atoms. The first kappa shape index (κ1) is 17.6. The molecule has 1 saturated heterocycles. The van der Waals surface area contributed by atoms with Crippen LogP contribution in [-0.2, 0) is 13.0 Å². The van der Waals surface area contributed by atoms with E-state index in [1.807, 2.05) is 17.0 Å². The van der Waals surface area contributed by atoms with Gasteiger partial charge in [-0.15, -0.1) is 12.4 Å². The molecule has 1 aromatic heterocycles. The maximum absolute atomic E-state index is 12.8. The van der Waals surface area contributed by atoms with Crippen LogP contribution in [0, 0.1) is 0 Å². The van der Waals surface area contributed by atoms with Crippen LogP contribution < -0.4 is 10.2 Å². The maximum atomic E-state index is 12.8. The molecule has 3 heterocycles. The Labute approximate surface area is 152 Å². The minimum atomic E-state index is 0.